The summed E-state index contributed by atoms with van der Waals surface area (Å²) >= 11 is 1.55. The summed E-state index contributed by atoms with van der Waals surface area (Å²) in [7, 11) is 7.33. The maximum absolute atomic E-state index is 12.9. The Kier molecular flexibility index (Phi) is 6.92. The third-order valence-electron chi connectivity index (χ3n) is 5.70. The Balaban J connectivity index is 0.000000709. The lowest BCUT2D eigenvalue weighted by Crippen LogP contribution is -2.36. The average molecular weight is 475 g/mol. The quantitative estimate of drug-likeness (QED) is 0.703. The van der Waals surface area contributed by atoms with Gasteiger partial charge in [0.25, 0.3) is 11.9 Å². The average Bonchev–Trinajstić information content (AvgIpc) is 3.09. The summed E-state index contributed by atoms with van der Waals surface area (Å²) < 4.78 is 0. The highest BCUT2D eigenvalue weighted by Gasteiger charge is 2.36. The molecule has 178 valence electrons. The van der Waals surface area contributed by atoms with Crippen LogP contribution in [0, 0.1) is 13.8 Å². The number of aromatic nitrogens is 2. The fourth-order valence-corrected chi connectivity index (χ4v) is 5.15. The first-order valence-corrected chi connectivity index (χ1v) is 11.4. The zero-order valence-electron chi connectivity index (χ0n) is 20.1. The minimum atomic E-state index is -0.833. The fraction of sp³-hybridized carbons (Fsp3) is 0.500. The number of hydrogen-bond donors (Lipinski definition) is 1. The van der Waals surface area contributed by atoms with Crippen molar-refractivity contribution in [3.63, 3.8) is 0 Å². The van der Waals surface area contributed by atoms with E-state index in [9.17, 15) is 9.59 Å². The van der Waals surface area contributed by atoms with Gasteiger partial charge in [-0.05, 0) is 25.8 Å². The number of carbonyl (C=O) groups excluding carboxylic acids is 2. The molecule has 4 rings (SSSR count). The van der Waals surface area contributed by atoms with Gasteiger partial charge in [0.1, 0.15) is 17.4 Å². The van der Waals surface area contributed by atoms with Crippen LogP contribution >= 0.6 is 11.3 Å². The van der Waals surface area contributed by atoms with Gasteiger partial charge in [0.15, 0.2) is 0 Å². The number of nitrogens with zero attached hydrogens (tertiary/aromatic N) is 6. The number of aliphatic carboxylic acids is 1. The van der Waals surface area contributed by atoms with Crippen LogP contribution in [-0.4, -0.2) is 79.0 Å². The van der Waals surface area contributed by atoms with Crippen LogP contribution in [0.25, 0.3) is 0 Å². The Hall–Kier alpha value is -3.21. The van der Waals surface area contributed by atoms with E-state index in [4.69, 9.17) is 14.9 Å². The molecule has 0 unspecified atom stereocenters. The van der Waals surface area contributed by atoms with E-state index in [2.05, 4.69) is 9.88 Å². The highest BCUT2D eigenvalue weighted by molar-refractivity contribution is 7.17. The number of carbonyl (C=O) groups is 3. The lowest BCUT2D eigenvalue weighted by molar-refractivity contribution is -0.134. The molecule has 10 nitrogen and oxygen atoms in total. The predicted octanol–water partition coefficient (Wildman–Crippen LogP) is 1.92. The zero-order chi connectivity index (χ0) is 24.6. The lowest BCUT2D eigenvalue weighted by Gasteiger charge is -2.30. The number of likely N-dealkylation sites (N-methyl/N-ethyl adjacent to an activating group) is 2. The minimum Gasteiger partial charge on any atom is -0.481 e. The number of aryl methyl sites for hydroxylation is 1. The van der Waals surface area contributed by atoms with Gasteiger partial charge in [0, 0.05) is 57.8 Å². The fourth-order valence-electron chi connectivity index (χ4n) is 3.82. The number of anilines is 3. The van der Waals surface area contributed by atoms with Crippen LogP contribution in [0.15, 0.2) is 0 Å². The minimum absolute atomic E-state index is 0.0621. The molecule has 2 amide bonds. The molecule has 0 atom stereocenters. The highest BCUT2D eigenvalue weighted by atomic mass is 32.1. The van der Waals surface area contributed by atoms with Crippen LogP contribution in [0.3, 0.4) is 0 Å². The molecule has 4 heterocycles. The van der Waals surface area contributed by atoms with E-state index in [-0.39, 0.29) is 18.4 Å². The van der Waals surface area contributed by atoms with Crippen LogP contribution in [-0.2, 0) is 22.6 Å². The number of thiophene rings is 1. The molecule has 1 N–H and O–H groups in total. The van der Waals surface area contributed by atoms with E-state index in [1.54, 1.807) is 30.3 Å². The summed E-state index contributed by atoms with van der Waals surface area (Å²) in [6, 6.07) is 0. The van der Waals surface area contributed by atoms with Crippen molar-refractivity contribution in [2.24, 2.45) is 0 Å². The monoisotopic (exact) mass is 474 g/mol. The summed E-state index contributed by atoms with van der Waals surface area (Å²) in [6.07, 6.45) is 0.753. The number of fused-ring (bicyclic) bond motifs is 3. The lowest BCUT2D eigenvalue weighted by atomic mass is 10.0. The van der Waals surface area contributed by atoms with Crippen molar-refractivity contribution in [1.29, 1.82) is 0 Å². The smallest absolute Gasteiger partial charge is 0.300 e. The molecule has 2 aliphatic rings. The van der Waals surface area contributed by atoms with Gasteiger partial charge in [-0.2, -0.15) is 4.98 Å². The van der Waals surface area contributed by atoms with Crippen molar-refractivity contribution in [3.8, 4) is 0 Å². The van der Waals surface area contributed by atoms with Crippen molar-refractivity contribution in [1.82, 2.24) is 14.9 Å². The normalized spacial score (nSPS) is 15.4. The Morgan fingerprint density at radius 2 is 1.76 bits per heavy atom. The van der Waals surface area contributed by atoms with Gasteiger partial charge < -0.3 is 24.7 Å². The summed E-state index contributed by atoms with van der Waals surface area (Å²) in [5.74, 6) is 0.668. The van der Waals surface area contributed by atoms with Crippen LogP contribution in [0.1, 0.15) is 39.0 Å². The molecule has 2 aliphatic heterocycles. The van der Waals surface area contributed by atoms with E-state index in [0.29, 0.717) is 18.1 Å². The van der Waals surface area contributed by atoms with Gasteiger partial charge in [-0.1, -0.05) is 0 Å². The van der Waals surface area contributed by atoms with Gasteiger partial charge in [-0.25, -0.2) is 4.98 Å². The Morgan fingerprint density at radius 1 is 1.12 bits per heavy atom. The van der Waals surface area contributed by atoms with Gasteiger partial charge in [-0.3, -0.25) is 14.4 Å². The SMILES string of the molecule is CC(=O)O.Cc1nc(N(C)C)nc(N2CCc3c(sc4c3C(=O)N(C)CC(=O)N4C)C2)c1C. The molecule has 0 aromatic carbocycles. The Labute approximate surface area is 197 Å². The number of carboxylic acid groups (broad SMARTS) is 1. The zero-order valence-corrected chi connectivity index (χ0v) is 20.9. The van der Waals surface area contributed by atoms with E-state index in [1.165, 1.54) is 4.90 Å². The second-order valence-corrected chi connectivity index (χ2v) is 9.52. The molecular weight excluding hydrogens is 444 g/mol. The molecule has 2 aromatic heterocycles. The van der Waals surface area contributed by atoms with E-state index in [0.717, 1.165) is 52.4 Å². The highest BCUT2D eigenvalue weighted by Crippen LogP contribution is 2.41. The van der Waals surface area contributed by atoms with Crippen LogP contribution in [0.2, 0.25) is 0 Å². The maximum atomic E-state index is 12.9. The number of hydrogen-bond acceptors (Lipinski definition) is 8. The molecule has 0 spiro atoms. The van der Waals surface area contributed by atoms with Crippen molar-refractivity contribution < 1.29 is 19.5 Å². The van der Waals surface area contributed by atoms with Gasteiger partial charge in [0.2, 0.25) is 11.9 Å². The molecule has 33 heavy (non-hydrogen) atoms. The van der Waals surface area contributed by atoms with Crippen LogP contribution in [0.5, 0.6) is 0 Å². The Morgan fingerprint density at radius 3 is 2.36 bits per heavy atom. The molecular formula is C22H30N6O4S. The summed E-state index contributed by atoms with van der Waals surface area (Å²) in [5.41, 5.74) is 3.81. The number of carboxylic acids is 1. The third-order valence-corrected chi connectivity index (χ3v) is 6.99. The van der Waals surface area contributed by atoms with Crippen molar-refractivity contribution in [2.45, 2.75) is 33.7 Å². The topological polar surface area (TPSA) is 110 Å². The van der Waals surface area contributed by atoms with Crippen molar-refractivity contribution in [3.05, 3.63) is 27.3 Å². The van der Waals surface area contributed by atoms with E-state index in [1.807, 2.05) is 32.8 Å². The molecule has 0 radical (unpaired) electrons. The first kappa shape index (κ1) is 24.4. The van der Waals surface area contributed by atoms with Gasteiger partial charge in [0.05, 0.1) is 12.1 Å². The molecule has 2 aromatic rings. The van der Waals surface area contributed by atoms with Gasteiger partial charge >= 0.3 is 0 Å². The molecule has 0 aliphatic carbocycles. The molecule has 0 saturated carbocycles. The standard InChI is InChI=1S/C20H26N6O2S.C2H4O2/c1-11-12(2)21-20(23(3)4)22-17(11)26-8-7-13-14(9-26)29-19-16(13)18(28)24(5)10-15(27)25(19)6;1-2(3)4/h7-10H2,1-6H3;1H3,(H,3,4). The molecule has 0 saturated heterocycles. The molecule has 0 fully saturated rings. The van der Waals surface area contributed by atoms with Crippen molar-refractivity contribution in [2.75, 3.05) is 56.0 Å². The number of amides is 2. The maximum Gasteiger partial charge on any atom is 0.300 e. The first-order valence-electron chi connectivity index (χ1n) is 10.6. The van der Waals surface area contributed by atoms with Crippen LogP contribution in [0.4, 0.5) is 16.8 Å². The van der Waals surface area contributed by atoms with Crippen LogP contribution < -0.4 is 14.7 Å². The summed E-state index contributed by atoms with van der Waals surface area (Å²) in [4.78, 5) is 52.2. The second-order valence-electron chi connectivity index (χ2n) is 8.44. The van der Waals surface area contributed by atoms with E-state index >= 15 is 0 Å². The third kappa shape index (κ3) is 4.77. The second kappa shape index (κ2) is 9.34. The first-order chi connectivity index (χ1) is 15.4. The predicted molar refractivity (Wildman–Crippen MR) is 129 cm³/mol. The molecule has 11 heteroatoms. The van der Waals surface area contributed by atoms with Crippen molar-refractivity contribution >= 4 is 45.9 Å². The largest absolute Gasteiger partial charge is 0.481 e. The Bertz CT molecular complexity index is 1110. The van der Waals surface area contributed by atoms with E-state index < -0.39 is 5.97 Å². The summed E-state index contributed by atoms with van der Waals surface area (Å²) in [5, 5.41) is 8.18. The molecule has 0 bridgehead atoms. The van der Waals surface area contributed by atoms with Gasteiger partial charge in [-0.15, -0.1) is 11.3 Å². The summed E-state index contributed by atoms with van der Waals surface area (Å²) in [6.45, 7) is 6.70. The number of rotatable bonds is 2.